The maximum atomic E-state index is 9.43. The van der Waals surface area contributed by atoms with Crippen LogP contribution in [0.2, 0.25) is 0 Å². The molecule has 21 heavy (non-hydrogen) atoms. The van der Waals surface area contributed by atoms with Crippen molar-refractivity contribution in [3.8, 4) is 11.8 Å². The fourth-order valence-corrected chi connectivity index (χ4v) is 3.19. The van der Waals surface area contributed by atoms with Gasteiger partial charge in [0.1, 0.15) is 11.8 Å². The lowest BCUT2D eigenvalue weighted by molar-refractivity contribution is 0.274. The van der Waals surface area contributed by atoms with Crippen LogP contribution in [-0.4, -0.2) is 12.9 Å². The van der Waals surface area contributed by atoms with Crippen LogP contribution in [0.3, 0.4) is 0 Å². The minimum absolute atomic E-state index is 0.180. The van der Waals surface area contributed by atoms with Gasteiger partial charge in [-0.25, -0.2) is 0 Å². The van der Waals surface area contributed by atoms with Crippen molar-refractivity contribution in [3.63, 3.8) is 0 Å². The predicted molar refractivity (Wildman–Crippen MR) is 85.9 cm³/mol. The second kappa shape index (κ2) is 6.11. The van der Waals surface area contributed by atoms with Crippen molar-refractivity contribution in [1.29, 1.82) is 5.26 Å². The first kappa shape index (κ1) is 13.8. The molecule has 0 fully saturated rings. The third-order valence-corrected chi connectivity index (χ3v) is 4.43. The Hall–Kier alpha value is -2.12. The van der Waals surface area contributed by atoms with Crippen LogP contribution in [0, 0.1) is 11.3 Å². The third kappa shape index (κ3) is 2.70. The molecule has 2 aromatic rings. The lowest BCUT2D eigenvalue weighted by Gasteiger charge is -2.28. The molecule has 4 heteroatoms. The van der Waals surface area contributed by atoms with Crippen molar-refractivity contribution in [3.05, 3.63) is 53.6 Å². The van der Waals surface area contributed by atoms with E-state index < -0.39 is 0 Å². The molecule has 0 aliphatic carbocycles. The molecular weight excluding hydrogens is 280 g/mol. The second-order valence-electron chi connectivity index (χ2n) is 4.87. The molecule has 3 rings (SSSR count). The normalized spacial score (nSPS) is 16.5. The van der Waals surface area contributed by atoms with Crippen LogP contribution in [-0.2, 0) is 0 Å². The van der Waals surface area contributed by atoms with E-state index in [1.54, 1.807) is 11.8 Å². The largest absolute Gasteiger partial charge is 0.493 e. The Balaban J connectivity index is 1.94. The Morgan fingerprint density at radius 2 is 2.10 bits per heavy atom. The van der Waals surface area contributed by atoms with E-state index in [2.05, 4.69) is 17.5 Å². The summed E-state index contributed by atoms with van der Waals surface area (Å²) in [5.74, 6) is 0.931. The summed E-state index contributed by atoms with van der Waals surface area (Å²) in [7, 11) is 0. The first-order valence-electron chi connectivity index (χ1n) is 6.89. The van der Waals surface area contributed by atoms with Crippen molar-refractivity contribution in [1.82, 2.24) is 0 Å². The standard InChI is InChI=1S/C17H16N2OS/c1-21-17-8-4-6-14(13(17)11-18)19-15-9-10-20-16-7-3-2-5-12(15)16/h2-8,15,19H,9-10H2,1H3. The third-order valence-electron chi connectivity index (χ3n) is 3.65. The zero-order valence-electron chi connectivity index (χ0n) is 11.8. The molecule has 1 heterocycles. The number of hydrogen-bond acceptors (Lipinski definition) is 4. The number of nitriles is 1. The van der Waals surface area contributed by atoms with E-state index in [4.69, 9.17) is 4.74 Å². The first-order chi connectivity index (χ1) is 10.3. The van der Waals surface area contributed by atoms with E-state index in [-0.39, 0.29) is 6.04 Å². The fourth-order valence-electron chi connectivity index (χ4n) is 2.62. The van der Waals surface area contributed by atoms with Crippen LogP contribution in [0.25, 0.3) is 0 Å². The van der Waals surface area contributed by atoms with Gasteiger partial charge in [-0.05, 0) is 24.5 Å². The number of ether oxygens (including phenoxy) is 1. The summed E-state index contributed by atoms with van der Waals surface area (Å²) in [5.41, 5.74) is 2.77. The summed E-state index contributed by atoms with van der Waals surface area (Å²) in [6.07, 6.45) is 2.88. The molecule has 0 saturated carbocycles. The average molecular weight is 296 g/mol. The monoisotopic (exact) mass is 296 g/mol. The van der Waals surface area contributed by atoms with Crippen LogP contribution in [0.5, 0.6) is 5.75 Å². The van der Waals surface area contributed by atoms with Gasteiger partial charge in [-0.3, -0.25) is 0 Å². The van der Waals surface area contributed by atoms with E-state index in [0.717, 1.165) is 28.3 Å². The molecule has 3 nitrogen and oxygen atoms in total. The number of hydrogen-bond donors (Lipinski definition) is 1. The van der Waals surface area contributed by atoms with Gasteiger partial charge in [0, 0.05) is 16.9 Å². The van der Waals surface area contributed by atoms with E-state index >= 15 is 0 Å². The van der Waals surface area contributed by atoms with E-state index in [0.29, 0.717) is 12.2 Å². The van der Waals surface area contributed by atoms with Crippen LogP contribution < -0.4 is 10.1 Å². The van der Waals surface area contributed by atoms with Gasteiger partial charge in [0.25, 0.3) is 0 Å². The number of benzene rings is 2. The van der Waals surface area contributed by atoms with Crippen molar-refractivity contribution in [2.45, 2.75) is 17.4 Å². The van der Waals surface area contributed by atoms with Crippen LogP contribution in [0.4, 0.5) is 5.69 Å². The Morgan fingerprint density at radius 1 is 1.24 bits per heavy atom. The van der Waals surface area contributed by atoms with Crippen LogP contribution >= 0.6 is 11.8 Å². The van der Waals surface area contributed by atoms with Gasteiger partial charge in [-0.15, -0.1) is 11.8 Å². The smallest absolute Gasteiger partial charge is 0.124 e. The molecule has 1 atom stereocenters. The fraction of sp³-hybridized carbons (Fsp3) is 0.235. The molecule has 1 N–H and O–H groups in total. The number of nitrogens with zero attached hydrogens (tertiary/aromatic N) is 1. The molecular formula is C17H16N2OS. The molecule has 0 aromatic heterocycles. The number of thioether (sulfide) groups is 1. The summed E-state index contributed by atoms with van der Waals surface area (Å²) in [4.78, 5) is 1.00. The zero-order chi connectivity index (χ0) is 14.7. The maximum absolute atomic E-state index is 9.43. The zero-order valence-corrected chi connectivity index (χ0v) is 12.6. The molecule has 0 radical (unpaired) electrons. The molecule has 106 valence electrons. The molecule has 2 aromatic carbocycles. The molecule has 0 saturated heterocycles. The molecule has 1 unspecified atom stereocenters. The summed E-state index contributed by atoms with van der Waals surface area (Å²) >= 11 is 1.59. The molecule has 0 bridgehead atoms. The maximum Gasteiger partial charge on any atom is 0.124 e. The van der Waals surface area contributed by atoms with Gasteiger partial charge in [0.2, 0.25) is 0 Å². The van der Waals surface area contributed by atoms with Crippen molar-refractivity contribution < 1.29 is 4.74 Å². The van der Waals surface area contributed by atoms with Crippen molar-refractivity contribution >= 4 is 17.4 Å². The van der Waals surface area contributed by atoms with Crippen molar-refractivity contribution in [2.75, 3.05) is 18.2 Å². The van der Waals surface area contributed by atoms with Gasteiger partial charge in [0.05, 0.1) is 23.9 Å². The second-order valence-corrected chi connectivity index (χ2v) is 5.71. The summed E-state index contributed by atoms with van der Waals surface area (Å²) in [5, 5.41) is 12.9. The van der Waals surface area contributed by atoms with E-state index in [9.17, 15) is 5.26 Å². The number of rotatable bonds is 3. The van der Waals surface area contributed by atoms with Gasteiger partial charge in [-0.1, -0.05) is 24.3 Å². The molecule has 1 aliphatic rings. The highest BCUT2D eigenvalue weighted by molar-refractivity contribution is 7.98. The number of nitrogens with one attached hydrogen (secondary N) is 1. The Bertz CT molecular complexity index is 693. The van der Waals surface area contributed by atoms with Gasteiger partial charge in [0.15, 0.2) is 0 Å². The topological polar surface area (TPSA) is 45.0 Å². The van der Waals surface area contributed by atoms with Crippen LogP contribution in [0.1, 0.15) is 23.6 Å². The van der Waals surface area contributed by atoms with Gasteiger partial charge < -0.3 is 10.1 Å². The molecule has 0 amide bonds. The Morgan fingerprint density at radius 3 is 2.90 bits per heavy atom. The minimum atomic E-state index is 0.180. The lowest BCUT2D eigenvalue weighted by Crippen LogP contribution is -2.20. The van der Waals surface area contributed by atoms with Crippen molar-refractivity contribution in [2.24, 2.45) is 0 Å². The van der Waals surface area contributed by atoms with E-state index in [1.807, 2.05) is 42.7 Å². The highest BCUT2D eigenvalue weighted by Gasteiger charge is 2.22. The molecule has 0 spiro atoms. The highest BCUT2D eigenvalue weighted by Crippen LogP contribution is 2.36. The number of para-hydroxylation sites is 1. The predicted octanol–water partition coefficient (Wildman–Crippen LogP) is 4.22. The molecule has 1 aliphatic heterocycles. The Labute approximate surface area is 128 Å². The summed E-state index contributed by atoms with van der Waals surface area (Å²) in [6, 6.07) is 16.5. The number of anilines is 1. The average Bonchev–Trinajstić information content (AvgIpc) is 2.55. The summed E-state index contributed by atoms with van der Waals surface area (Å²) < 4.78 is 5.68. The quantitative estimate of drug-likeness (QED) is 0.862. The van der Waals surface area contributed by atoms with Gasteiger partial charge >= 0.3 is 0 Å². The SMILES string of the molecule is CSc1cccc(NC2CCOc3ccccc32)c1C#N. The highest BCUT2D eigenvalue weighted by atomic mass is 32.2. The first-order valence-corrected chi connectivity index (χ1v) is 8.11. The Kier molecular flexibility index (Phi) is 4.03. The lowest BCUT2D eigenvalue weighted by atomic mass is 10.00. The van der Waals surface area contributed by atoms with Crippen LogP contribution in [0.15, 0.2) is 47.4 Å². The minimum Gasteiger partial charge on any atom is -0.493 e. The summed E-state index contributed by atoms with van der Waals surface area (Å²) in [6.45, 7) is 0.693. The number of fused-ring (bicyclic) bond motifs is 1. The van der Waals surface area contributed by atoms with E-state index in [1.165, 1.54) is 0 Å². The van der Waals surface area contributed by atoms with Gasteiger partial charge in [-0.2, -0.15) is 5.26 Å².